The zero-order valence-electron chi connectivity index (χ0n) is 9.25. The molecule has 0 spiro atoms. The SMILES string of the molecule is Cc1cc(N)cc(OC(=O)c2ccncn2)c1. The van der Waals surface area contributed by atoms with E-state index >= 15 is 0 Å². The molecule has 1 aromatic heterocycles. The number of carbonyl (C=O) groups excluding carboxylic acids is 1. The van der Waals surface area contributed by atoms with Gasteiger partial charge in [-0.3, -0.25) is 0 Å². The van der Waals surface area contributed by atoms with Gasteiger partial charge in [0.15, 0.2) is 5.69 Å². The second kappa shape index (κ2) is 4.61. The summed E-state index contributed by atoms with van der Waals surface area (Å²) in [5, 5.41) is 0. The number of nitrogens with zero attached hydrogens (tertiary/aromatic N) is 2. The fourth-order valence-corrected chi connectivity index (χ4v) is 1.41. The van der Waals surface area contributed by atoms with Gasteiger partial charge in [0.05, 0.1) is 0 Å². The molecule has 0 amide bonds. The zero-order valence-corrected chi connectivity index (χ0v) is 9.25. The van der Waals surface area contributed by atoms with Gasteiger partial charge in [0.25, 0.3) is 0 Å². The fraction of sp³-hybridized carbons (Fsp3) is 0.0833. The van der Waals surface area contributed by atoms with Crippen molar-refractivity contribution in [2.75, 3.05) is 5.73 Å². The summed E-state index contributed by atoms with van der Waals surface area (Å²) in [6.45, 7) is 1.87. The molecule has 0 saturated carbocycles. The highest BCUT2D eigenvalue weighted by molar-refractivity contribution is 5.88. The van der Waals surface area contributed by atoms with Crippen LogP contribution >= 0.6 is 0 Å². The largest absolute Gasteiger partial charge is 0.422 e. The second-order valence-electron chi connectivity index (χ2n) is 3.56. The van der Waals surface area contributed by atoms with Crippen LogP contribution in [0.25, 0.3) is 0 Å². The number of carbonyl (C=O) groups is 1. The predicted octanol–water partition coefficient (Wildman–Crippen LogP) is 1.59. The number of hydrogen-bond donors (Lipinski definition) is 1. The Morgan fingerprint density at radius 3 is 2.82 bits per heavy atom. The van der Waals surface area contributed by atoms with Gasteiger partial charge in [-0.1, -0.05) is 0 Å². The van der Waals surface area contributed by atoms with E-state index in [1.165, 1.54) is 18.6 Å². The van der Waals surface area contributed by atoms with Gasteiger partial charge in [-0.05, 0) is 30.7 Å². The van der Waals surface area contributed by atoms with Gasteiger partial charge < -0.3 is 10.5 Å². The molecule has 2 rings (SSSR count). The van der Waals surface area contributed by atoms with E-state index in [2.05, 4.69) is 9.97 Å². The monoisotopic (exact) mass is 229 g/mol. The van der Waals surface area contributed by atoms with E-state index in [0.717, 1.165) is 5.56 Å². The molecule has 0 atom stereocenters. The average molecular weight is 229 g/mol. The highest BCUT2D eigenvalue weighted by Gasteiger charge is 2.09. The number of ether oxygens (including phenoxy) is 1. The Labute approximate surface area is 98.3 Å². The van der Waals surface area contributed by atoms with Crippen molar-refractivity contribution in [3.8, 4) is 5.75 Å². The Bertz CT molecular complexity index is 520. The van der Waals surface area contributed by atoms with Crippen molar-refractivity contribution in [1.82, 2.24) is 9.97 Å². The Morgan fingerprint density at radius 1 is 1.35 bits per heavy atom. The van der Waals surface area contributed by atoms with Gasteiger partial charge in [-0.15, -0.1) is 0 Å². The Kier molecular flexibility index (Phi) is 3.00. The fourth-order valence-electron chi connectivity index (χ4n) is 1.41. The molecule has 2 N–H and O–H groups in total. The van der Waals surface area contributed by atoms with Gasteiger partial charge in [-0.25, -0.2) is 14.8 Å². The van der Waals surface area contributed by atoms with Gasteiger partial charge in [0.2, 0.25) is 0 Å². The number of nitrogens with two attached hydrogens (primary N) is 1. The van der Waals surface area contributed by atoms with Crippen molar-refractivity contribution >= 4 is 11.7 Å². The first-order valence-electron chi connectivity index (χ1n) is 5.00. The highest BCUT2D eigenvalue weighted by Crippen LogP contribution is 2.19. The first-order chi connectivity index (χ1) is 8.15. The van der Waals surface area contributed by atoms with Crippen LogP contribution in [0.5, 0.6) is 5.75 Å². The van der Waals surface area contributed by atoms with E-state index in [1.54, 1.807) is 18.2 Å². The molecule has 86 valence electrons. The third-order valence-electron chi connectivity index (χ3n) is 2.07. The number of aromatic nitrogens is 2. The topological polar surface area (TPSA) is 78.1 Å². The standard InChI is InChI=1S/C12H11N3O2/c1-8-4-9(13)6-10(5-8)17-12(16)11-2-3-14-7-15-11/h2-7H,13H2,1H3. The molecule has 0 bridgehead atoms. The number of benzene rings is 1. The molecule has 0 unspecified atom stereocenters. The lowest BCUT2D eigenvalue weighted by Crippen LogP contribution is -2.10. The Hall–Kier alpha value is -2.43. The van der Waals surface area contributed by atoms with Crippen LogP contribution in [0.1, 0.15) is 16.1 Å². The number of nitrogen functional groups attached to an aromatic ring is 1. The third-order valence-corrected chi connectivity index (χ3v) is 2.07. The Balaban J connectivity index is 2.19. The van der Waals surface area contributed by atoms with E-state index in [4.69, 9.17) is 10.5 Å². The molecule has 0 aliphatic heterocycles. The summed E-state index contributed by atoms with van der Waals surface area (Å²) in [7, 11) is 0. The van der Waals surface area contributed by atoms with Crippen molar-refractivity contribution in [2.45, 2.75) is 6.92 Å². The highest BCUT2D eigenvalue weighted by atomic mass is 16.5. The summed E-state index contributed by atoms with van der Waals surface area (Å²) in [6.07, 6.45) is 2.77. The lowest BCUT2D eigenvalue weighted by Gasteiger charge is -2.05. The van der Waals surface area contributed by atoms with Crippen molar-refractivity contribution in [1.29, 1.82) is 0 Å². The molecule has 1 aromatic carbocycles. The minimum atomic E-state index is -0.530. The summed E-state index contributed by atoms with van der Waals surface area (Å²) in [5.41, 5.74) is 7.34. The van der Waals surface area contributed by atoms with Crippen LogP contribution in [-0.4, -0.2) is 15.9 Å². The minimum absolute atomic E-state index is 0.208. The van der Waals surface area contributed by atoms with Gasteiger partial charge >= 0.3 is 5.97 Å². The zero-order chi connectivity index (χ0) is 12.3. The maximum absolute atomic E-state index is 11.7. The molecule has 5 nitrogen and oxygen atoms in total. The van der Waals surface area contributed by atoms with E-state index in [-0.39, 0.29) is 5.69 Å². The van der Waals surface area contributed by atoms with Crippen LogP contribution < -0.4 is 10.5 Å². The summed E-state index contributed by atoms with van der Waals surface area (Å²) in [4.78, 5) is 19.2. The lowest BCUT2D eigenvalue weighted by molar-refractivity contribution is 0.0728. The molecule has 0 fully saturated rings. The van der Waals surface area contributed by atoms with Crippen LogP contribution in [0.15, 0.2) is 36.8 Å². The second-order valence-corrected chi connectivity index (χ2v) is 3.56. The van der Waals surface area contributed by atoms with Crippen LogP contribution in [0.2, 0.25) is 0 Å². The van der Waals surface area contributed by atoms with Crippen LogP contribution in [0, 0.1) is 6.92 Å². The molecule has 17 heavy (non-hydrogen) atoms. The number of aryl methyl sites for hydroxylation is 1. The summed E-state index contributed by atoms with van der Waals surface area (Å²) >= 11 is 0. The summed E-state index contributed by atoms with van der Waals surface area (Å²) < 4.78 is 5.15. The molecule has 5 heteroatoms. The average Bonchev–Trinajstić information content (AvgIpc) is 2.28. The number of hydrogen-bond acceptors (Lipinski definition) is 5. The van der Waals surface area contributed by atoms with Crippen LogP contribution in [0.4, 0.5) is 5.69 Å². The summed E-state index contributed by atoms with van der Waals surface area (Å²) in [6, 6.07) is 6.60. The van der Waals surface area contributed by atoms with Crippen LogP contribution in [-0.2, 0) is 0 Å². The Morgan fingerprint density at radius 2 is 2.18 bits per heavy atom. The van der Waals surface area contributed by atoms with E-state index in [9.17, 15) is 4.79 Å². The number of rotatable bonds is 2. The molecule has 0 aliphatic rings. The van der Waals surface area contributed by atoms with Crippen molar-refractivity contribution in [2.24, 2.45) is 0 Å². The molecular weight excluding hydrogens is 218 g/mol. The number of anilines is 1. The maximum atomic E-state index is 11.7. The third kappa shape index (κ3) is 2.78. The molecule has 0 radical (unpaired) electrons. The molecule has 1 heterocycles. The first-order valence-corrected chi connectivity index (χ1v) is 5.00. The van der Waals surface area contributed by atoms with E-state index in [1.807, 2.05) is 6.92 Å². The van der Waals surface area contributed by atoms with Crippen LogP contribution in [0.3, 0.4) is 0 Å². The van der Waals surface area contributed by atoms with Crippen molar-refractivity contribution in [3.63, 3.8) is 0 Å². The van der Waals surface area contributed by atoms with Crippen molar-refractivity contribution < 1.29 is 9.53 Å². The number of esters is 1. The van der Waals surface area contributed by atoms with Crippen molar-refractivity contribution in [3.05, 3.63) is 48.0 Å². The molecule has 0 saturated heterocycles. The molecular formula is C12H11N3O2. The van der Waals surface area contributed by atoms with Gasteiger partial charge in [0, 0.05) is 18.0 Å². The lowest BCUT2D eigenvalue weighted by atomic mass is 10.2. The first kappa shape index (κ1) is 11.1. The quantitative estimate of drug-likeness (QED) is 0.480. The predicted molar refractivity (Wildman–Crippen MR) is 62.6 cm³/mol. The van der Waals surface area contributed by atoms with Gasteiger partial charge in [0.1, 0.15) is 12.1 Å². The smallest absolute Gasteiger partial charge is 0.362 e. The maximum Gasteiger partial charge on any atom is 0.362 e. The summed E-state index contributed by atoms with van der Waals surface area (Å²) in [5.74, 6) is -0.122. The minimum Gasteiger partial charge on any atom is -0.422 e. The van der Waals surface area contributed by atoms with Gasteiger partial charge in [-0.2, -0.15) is 0 Å². The molecule has 2 aromatic rings. The molecule has 0 aliphatic carbocycles. The normalized spacial score (nSPS) is 9.94. The van der Waals surface area contributed by atoms with E-state index < -0.39 is 5.97 Å². The van der Waals surface area contributed by atoms with E-state index in [0.29, 0.717) is 11.4 Å².